The summed E-state index contributed by atoms with van der Waals surface area (Å²) >= 11 is 0. The van der Waals surface area contributed by atoms with Crippen molar-refractivity contribution in [3.8, 4) is 0 Å². The van der Waals surface area contributed by atoms with Gasteiger partial charge in [-0.05, 0) is 19.3 Å². The number of rotatable bonds is 6. The molecule has 142 valence electrons. The van der Waals surface area contributed by atoms with Crippen LogP contribution in [0.25, 0.3) is 11.0 Å². The van der Waals surface area contributed by atoms with Gasteiger partial charge in [0.25, 0.3) is 5.56 Å². The number of hydrogen-bond donors (Lipinski definition) is 2. The van der Waals surface area contributed by atoms with Gasteiger partial charge in [0.2, 0.25) is 6.41 Å². The fourth-order valence-electron chi connectivity index (χ4n) is 2.91. The Labute approximate surface area is 153 Å². The third-order valence-corrected chi connectivity index (χ3v) is 4.22. The second-order valence-corrected chi connectivity index (χ2v) is 6.70. The maximum absolute atomic E-state index is 14.1. The van der Waals surface area contributed by atoms with Crippen molar-refractivity contribution >= 4 is 23.1 Å². The minimum Gasteiger partial charge on any atom is -0.339 e. The zero-order valence-electron chi connectivity index (χ0n) is 15.1. The van der Waals surface area contributed by atoms with E-state index >= 15 is 0 Å². The van der Waals surface area contributed by atoms with Gasteiger partial charge < -0.3 is 14.9 Å². The van der Waals surface area contributed by atoms with E-state index in [0.29, 0.717) is 30.0 Å². The van der Waals surface area contributed by atoms with E-state index in [1.54, 1.807) is 0 Å². The molecule has 0 aliphatic carbocycles. The molecule has 3 aromatic heterocycles. The second-order valence-electron chi connectivity index (χ2n) is 6.70. The first kappa shape index (κ1) is 18.7. The summed E-state index contributed by atoms with van der Waals surface area (Å²) in [6.07, 6.45) is 2.05. The molecular formula is C18H19F2N5O2. The van der Waals surface area contributed by atoms with Crippen molar-refractivity contribution in [2.75, 3.05) is 5.32 Å². The molecule has 0 saturated heterocycles. The van der Waals surface area contributed by atoms with Gasteiger partial charge in [0, 0.05) is 6.07 Å². The van der Waals surface area contributed by atoms with Crippen LogP contribution in [-0.2, 0) is 17.8 Å². The molecule has 7 nitrogen and oxygen atoms in total. The molecule has 0 atom stereocenters. The minimum absolute atomic E-state index is 0.0814. The van der Waals surface area contributed by atoms with Crippen LogP contribution in [0.5, 0.6) is 0 Å². The molecule has 0 unspecified atom stereocenters. The molecule has 0 saturated carbocycles. The molecule has 0 spiro atoms. The number of nitrogens with zero attached hydrogens (tertiary/aromatic N) is 3. The lowest BCUT2D eigenvalue weighted by Gasteiger charge is -2.11. The lowest BCUT2D eigenvalue weighted by atomic mass is 10.1. The number of aromatic nitrogens is 4. The maximum atomic E-state index is 14.1. The van der Waals surface area contributed by atoms with Gasteiger partial charge in [-0.2, -0.15) is 0 Å². The van der Waals surface area contributed by atoms with Gasteiger partial charge in [-0.25, -0.2) is 13.8 Å². The molecule has 2 N–H and O–H groups in total. The summed E-state index contributed by atoms with van der Waals surface area (Å²) in [5.41, 5.74) is 0.584. The van der Waals surface area contributed by atoms with Crippen LogP contribution < -0.4 is 10.9 Å². The molecule has 1 amide bonds. The number of fused-ring (bicyclic) bond motifs is 1. The topological polar surface area (TPSA) is 92.7 Å². The molecule has 3 rings (SSSR count). The third kappa shape index (κ3) is 3.57. The summed E-state index contributed by atoms with van der Waals surface area (Å²) < 4.78 is 29.4. The van der Waals surface area contributed by atoms with Gasteiger partial charge in [-0.3, -0.25) is 14.6 Å². The van der Waals surface area contributed by atoms with Gasteiger partial charge >= 0.3 is 0 Å². The third-order valence-electron chi connectivity index (χ3n) is 4.22. The van der Waals surface area contributed by atoms with Crippen LogP contribution in [0, 0.1) is 24.5 Å². The van der Waals surface area contributed by atoms with Gasteiger partial charge in [-0.15, -0.1) is 0 Å². The number of amides is 1. The Morgan fingerprint density at radius 2 is 2.07 bits per heavy atom. The highest BCUT2D eigenvalue weighted by Gasteiger charge is 2.17. The van der Waals surface area contributed by atoms with Gasteiger partial charge in [0.05, 0.1) is 29.6 Å². The highest BCUT2D eigenvalue weighted by molar-refractivity contribution is 5.78. The van der Waals surface area contributed by atoms with Crippen molar-refractivity contribution in [2.24, 2.45) is 5.92 Å². The van der Waals surface area contributed by atoms with E-state index in [4.69, 9.17) is 0 Å². The van der Waals surface area contributed by atoms with E-state index in [-0.39, 0.29) is 29.3 Å². The summed E-state index contributed by atoms with van der Waals surface area (Å²) in [5.74, 6) is -0.632. The highest BCUT2D eigenvalue weighted by atomic mass is 19.1. The van der Waals surface area contributed by atoms with Crippen molar-refractivity contribution in [1.82, 2.24) is 19.5 Å². The zero-order chi connectivity index (χ0) is 19.7. The molecule has 3 aromatic rings. The minimum atomic E-state index is -0.650. The van der Waals surface area contributed by atoms with Crippen LogP contribution in [0.2, 0.25) is 0 Å². The number of pyridine rings is 2. The quantitative estimate of drug-likeness (QED) is 0.648. The van der Waals surface area contributed by atoms with Gasteiger partial charge in [0.15, 0.2) is 5.82 Å². The average Bonchev–Trinajstić information content (AvgIpc) is 3.04. The van der Waals surface area contributed by atoms with Crippen molar-refractivity contribution < 1.29 is 13.6 Å². The van der Waals surface area contributed by atoms with Crippen LogP contribution in [0.1, 0.15) is 31.1 Å². The van der Waals surface area contributed by atoms with Crippen LogP contribution in [0.15, 0.2) is 17.1 Å². The lowest BCUT2D eigenvalue weighted by molar-refractivity contribution is -0.105. The highest BCUT2D eigenvalue weighted by Crippen LogP contribution is 2.21. The Hall–Kier alpha value is -3.10. The van der Waals surface area contributed by atoms with E-state index in [1.807, 2.05) is 13.8 Å². The normalized spacial score (nSPS) is 11.3. The largest absolute Gasteiger partial charge is 0.339 e. The first-order valence-electron chi connectivity index (χ1n) is 8.44. The Kier molecular flexibility index (Phi) is 5.02. The first-order chi connectivity index (χ1) is 12.8. The predicted octanol–water partition coefficient (Wildman–Crippen LogP) is 2.52. The smallest absolute Gasteiger partial charge is 0.275 e. The molecule has 0 aliphatic heterocycles. The molecule has 0 radical (unpaired) electrons. The molecule has 0 aliphatic rings. The monoisotopic (exact) mass is 375 g/mol. The fraction of sp³-hybridized carbons (Fsp3) is 0.333. The fourth-order valence-corrected chi connectivity index (χ4v) is 2.91. The van der Waals surface area contributed by atoms with Crippen LogP contribution in [0.3, 0.4) is 0 Å². The second kappa shape index (κ2) is 7.26. The molecular weight excluding hydrogens is 356 g/mol. The number of nitrogens with one attached hydrogen (secondary N) is 2. The summed E-state index contributed by atoms with van der Waals surface area (Å²) in [6, 6.07) is 0.964. The Morgan fingerprint density at radius 3 is 2.74 bits per heavy atom. The number of aromatic amines is 1. The maximum Gasteiger partial charge on any atom is 0.275 e. The van der Waals surface area contributed by atoms with Crippen molar-refractivity contribution in [3.05, 3.63) is 51.5 Å². The number of carbonyl (C=O) groups is 1. The number of carbonyl (C=O) groups excluding carboxylic acids is 1. The van der Waals surface area contributed by atoms with Crippen molar-refractivity contribution in [1.29, 1.82) is 0 Å². The van der Waals surface area contributed by atoms with E-state index in [2.05, 4.69) is 20.3 Å². The van der Waals surface area contributed by atoms with E-state index < -0.39 is 17.2 Å². The van der Waals surface area contributed by atoms with Gasteiger partial charge in [0.1, 0.15) is 22.8 Å². The predicted molar refractivity (Wildman–Crippen MR) is 96.6 cm³/mol. The van der Waals surface area contributed by atoms with Crippen molar-refractivity contribution in [2.45, 2.75) is 33.7 Å². The molecule has 9 heteroatoms. The van der Waals surface area contributed by atoms with Crippen molar-refractivity contribution in [3.63, 3.8) is 0 Å². The zero-order valence-corrected chi connectivity index (χ0v) is 15.1. The van der Waals surface area contributed by atoms with E-state index in [9.17, 15) is 18.4 Å². The number of halogens is 2. The number of hydrogen-bond acceptors (Lipinski definition) is 4. The molecule has 0 aromatic carbocycles. The Bertz CT molecular complexity index is 1070. The van der Waals surface area contributed by atoms with E-state index in [0.717, 1.165) is 16.8 Å². The van der Waals surface area contributed by atoms with Crippen LogP contribution in [0.4, 0.5) is 14.5 Å². The Balaban J connectivity index is 2.09. The van der Waals surface area contributed by atoms with E-state index in [1.165, 1.54) is 6.92 Å². The molecule has 0 bridgehead atoms. The Morgan fingerprint density at radius 1 is 1.33 bits per heavy atom. The van der Waals surface area contributed by atoms with Crippen LogP contribution >= 0.6 is 0 Å². The average molecular weight is 375 g/mol. The summed E-state index contributed by atoms with van der Waals surface area (Å²) in [6.45, 7) is 5.37. The summed E-state index contributed by atoms with van der Waals surface area (Å²) in [5, 5.41) is 2.18. The van der Waals surface area contributed by atoms with Crippen LogP contribution in [-0.4, -0.2) is 25.9 Å². The summed E-state index contributed by atoms with van der Waals surface area (Å²) in [4.78, 5) is 34.5. The number of imidazole rings is 1. The molecule has 3 heterocycles. The SMILES string of the molecule is Cc1c(F)cc(NC=O)c(=O)n1Cc1nc2c(F)cnc(CC(C)C)c2[nH]1. The molecule has 27 heavy (non-hydrogen) atoms. The standard InChI is InChI=1S/C18H19F2N5O2/c1-9(2)4-13-17-16(12(20)6-21-13)23-15(24-17)7-25-10(3)11(19)5-14(18(25)27)22-8-26/h5-6,8-9H,4,7H2,1-3H3,(H,22,26)(H,23,24). The first-order valence-corrected chi connectivity index (χ1v) is 8.44. The lowest BCUT2D eigenvalue weighted by Crippen LogP contribution is -2.27. The molecule has 0 fully saturated rings. The number of H-pyrrole nitrogens is 1. The number of anilines is 1. The van der Waals surface area contributed by atoms with Gasteiger partial charge in [-0.1, -0.05) is 13.8 Å². The summed E-state index contributed by atoms with van der Waals surface area (Å²) in [7, 11) is 0.